The second kappa shape index (κ2) is 8.81. The molecule has 2 aliphatic rings. The van der Waals surface area contributed by atoms with E-state index in [9.17, 15) is 14.7 Å². The number of carbonyl (C=O) groups is 2. The average Bonchev–Trinajstić information content (AvgIpc) is 2.69. The van der Waals surface area contributed by atoms with Crippen LogP contribution in [0.15, 0.2) is 48.6 Å². The first-order valence-electron chi connectivity index (χ1n) is 9.35. The Hall–Kier alpha value is -2.40. The van der Waals surface area contributed by atoms with E-state index < -0.39 is 17.8 Å². The maximum absolute atomic E-state index is 12.8. The van der Waals surface area contributed by atoms with E-state index in [0.29, 0.717) is 25.9 Å². The third kappa shape index (κ3) is 4.61. The Morgan fingerprint density at radius 3 is 2.38 bits per heavy atom. The number of hydrogen-bond acceptors (Lipinski definition) is 3. The van der Waals surface area contributed by atoms with Crippen molar-refractivity contribution in [3.05, 3.63) is 54.1 Å². The van der Waals surface area contributed by atoms with Crippen LogP contribution in [0.1, 0.15) is 18.4 Å². The molecule has 1 aliphatic carbocycles. The quantitative estimate of drug-likeness (QED) is 0.743. The van der Waals surface area contributed by atoms with Crippen molar-refractivity contribution in [2.24, 2.45) is 11.8 Å². The van der Waals surface area contributed by atoms with E-state index in [1.807, 2.05) is 35.3 Å². The first kappa shape index (κ1) is 18.4. The molecule has 1 aromatic rings. The maximum atomic E-state index is 12.8. The molecular formula is C21H26N2O3. The van der Waals surface area contributed by atoms with Crippen molar-refractivity contribution >= 4 is 18.0 Å². The summed E-state index contributed by atoms with van der Waals surface area (Å²) in [7, 11) is 0. The molecule has 0 aromatic heterocycles. The lowest BCUT2D eigenvalue weighted by molar-refractivity contribution is -0.898. The zero-order chi connectivity index (χ0) is 18.4. The van der Waals surface area contributed by atoms with Crippen LogP contribution in [0, 0.1) is 11.8 Å². The highest BCUT2D eigenvalue weighted by Gasteiger charge is 2.34. The number of carboxylic acid groups (broad SMARTS) is 1. The van der Waals surface area contributed by atoms with Crippen molar-refractivity contribution in [2.45, 2.75) is 12.8 Å². The van der Waals surface area contributed by atoms with Crippen LogP contribution in [0.5, 0.6) is 0 Å². The minimum atomic E-state index is -1.11. The number of benzene rings is 1. The SMILES string of the molecule is O=C([O-])[C@@H]1CC=CC[C@@H]1C(=O)N1CC[NH+](C/C=C/c2ccccc2)CC1. The number of allylic oxidation sites excluding steroid dienone is 2. The van der Waals surface area contributed by atoms with Crippen LogP contribution in [0.3, 0.4) is 0 Å². The number of carboxylic acids is 1. The standard InChI is InChI=1S/C21H26N2O3/c24-20(18-10-4-5-11-19(18)21(25)26)23-15-13-22(14-16-23)12-6-9-17-7-2-1-3-8-17/h1-9,18-19H,10-16H2,(H,25,26)/b9-6+/t18-,19+/m0/s1. The van der Waals surface area contributed by atoms with Gasteiger partial charge in [-0.1, -0.05) is 48.6 Å². The summed E-state index contributed by atoms with van der Waals surface area (Å²) in [4.78, 5) is 27.3. The summed E-state index contributed by atoms with van der Waals surface area (Å²) >= 11 is 0. The van der Waals surface area contributed by atoms with Gasteiger partial charge in [-0.3, -0.25) is 4.79 Å². The van der Waals surface area contributed by atoms with E-state index in [0.717, 1.165) is 19.6 Å². The predicted molar refractivity (Wildman–Crippen MR) is 98.0 cm³/mol. The lowest BCUT2D eigenvalue weighted by atomic mass is 9.82. The van der Waals surface area contributed by atoms with Crippen molar-refractivity contribution in [2.75, 3.05) is 32.7 Å². The topological polar surface area (TPSA) is 64.9 Å². The Bertz CT molecular complexity index is 676. The molecule has 5 heteroatoms. The third-order valence-electron chi connectivity index (χ3n) is 5.35. The molecule has 5 nitrogen and oxygen atoms in total. The van der Waals surface area contributed by atoms with E-state index in [1.54, 1.807) is 0 Å². The molecule has 0 spiro atoms. The Morgan fingerprint density at radius 1 is 1.08 bits per heavy atom. The van der Waals surface area contributed by atoms with Gasteiger partial charge in [-0.25, -0.2) is 0 Å². The Kier molecular flexibility index (Phi) is 6.23. The van der Waals surface area contributed by atoms with Gasteiger partial charge in [0.25, 0.3) is 0 Å². The molecular weight excluding hydrogens is 328 g/mol. The molecule has 1 heterocycles. The molecule has 0 saturated carbocycles. The van der Waals surface area contributed by atoms with E-state index >= 15 is 0 Å². The Labute approximate surface area is 154 Å². The molecule has 1 fully saturated rings. The molecule has 0 unspecified atom stereocenters. The molecule has 1 N–H and O–H groups in total. The van der Waals surface area contributed by atoms with Gasteiger partial charge in [0.05, 0.1) is 32.7 Å². The van der Waals surface area contributed by atoms with Crippen LogP contribution in [0.25, 0.3) is 6.08 Å². The summed E-state index contributed by atoms with van der Waals surface area (Å²) < 4.78 is 0. The van der Waals surface area contributed by atoms with Gasteiger partial charge in [0, 0.05) is 17.8 Å². The Balaban J connectivity index is 1.48. The van der Waals surface area contributed by atoms with Crippen molar-refractivity contribution in [1.82, 2.24) is 4.90 Å². The number of piperazine rings is 1. The van der Waals surface area contributed by atoms with Gasteiger partial charge in [-0.2, -0.15) is 0 Å². The van der Waals surface area contributed by atoms with E-state index in [1.165, 1.54) is 10.5 Å². The highest BCUT2D eigenvalue weighted by molar-refractivity contribution is 5.84. The van der Waals surface area contributed by atoms with Crippen molar-refractivity contribution in [3.8, 4) is 0 Å². The van der Waals surface area contributed by atoms with Gasteiger partial charge in [0.15, 0.2) is 0 Å². The number of nitrogens with zero attached hydrogens (tertiary/aromatic N) is 1. The van der Waals surface area contributed by atoms with Crippen LogP contribution in [0.4, 0.5) is 0 Å². The fourth-order valence-electron chi connectivity index (χ4n) is 3.76. The molecule has 1 aliphatic heterocycles. The zero-order valence-electron chi connectivity index (χ0n) is 15.0. The fraction of sp³-hybridized carbons (Fsp3) is 0.429. The Morgan fingerprint density at radius 2 is 1.73 bits per heavy atom. The summed E-state index contributed by atoms with van der Waals surface area (Å²) in [5.74, 6) is -2.29. The smallest absolute Gasteiger partial charge is 0.227 e. The van der Waals surface area contributed by atoms with Crippen molar-refractivity contribution < 1.29 is 19.6 Å². The van der Waals surface area contributed by atoms with Gasteiger partial charge in [-0.15, -0.1) is 0 Å². The lowest BCUT2D eigenvalue weighted by Gasteiger charge is -2.36. The predicted octanol–water partition coefficient (Wildman–Crippen LogP) is -0.241. The van der Waals surface area contributed by atoms with E-state index in [4.69, 9.17) is 0 Å². The normalized spacial score (nSPS) is 24.1. The maximum Gasteiger partial charge on any atom is 0.227 e. The molecule has 3 rings (SSSR count). The minimum Gasteiger partial charge on any atom is -0.550 e. The molecule has 0 bridgehead atoms. The second-order valence-electron chi connectivity index (χ2n) is 7.07. The van der Waals surface area contributed by atoms with Crippen LogP contribution >= 0.6 is 0 Å². The molecule has 26 heavy (non-hydrogen) atoms. The fourth-order valence-corrected chi connectivity index (χ4v) is 3.76. The molecule has 1 amide bonds. The van der Waals surface area contributed by atoms with Crippen molar-refractivity contribution in [3.63, 3.8) is 0 Å². The van der Waals surface area contributed by atoms with Gasteiger partial charge in [0.1, 0.15) is 0 Å². The van der Waals surface area contributed by atoms with Crippen molar-refractivity contribution in [1.29, 1.82) is 0 Å². The summed E-state index contributed by atoms with van der Waals surface area (Å²) in [5, 5.41) is 11.3. The highest BCUT2D eigenvalue weighted by atomic mass is 16.4. The molecule has 1 aromatic carbocycles. The van der Waals surface area contributed by atoms with Crippen LogP contribution in [-0.2, 0) is 9.59 Å². The first-order valence-corrected chi connectivity index (χ1v) is 9.35. The molecule has 1 saturated heterocycles. The average molecular weight is 354 g/mol. The summed E-state index contributed by atoms with van der Waals surface area (Å²) in [6.07, 6.45) is 8.96. The number of nitrogens with one attached hydrogen (secondary N) is 1. The molecule has 138 valence electrons. The van der Waals surface area contributed by atoms with Crippen LogP contribution in [-0.4, -0.2) is 49.5 Å². The monoisotopic (exact) mass is 354 g/mol. The van der Waals surface area contributed by atoms with Crippen LogP contribution in [0.2, 0.25) is 0 Å². The van der Waals surface area contributed by atoms with E-state index in [-0.39, 0.29) is 5.91 Å². The lowest BCUT2D eigenvalue weighted by Crippen LogP contribution is -3.14. The van der Waals surface area contributed by atoms with Gasteiger partial charge >= 0.3 is 0 Å². The first-order chi connectivity index (χ1) is 12.6. The zero-order valence-corrected chi connectivity index (χ0v) is 15.0. The number of quaternary nitrogens is 1. The second-order valence-corrected chi connectivity index (χ2v) is 7.07. The van der Waals surface area contributed by atoms with Gasteiger partial charge in [0.2, 0.25) is 5.91 Å². The van der Waals surface area contributed by atoms with Gasteiger partial charge in [-0.05, 0) is 24.5 Å². The largest absolute Gasteiger partial charge is 0.550 e. The number of aliphatic carboxylic acids is 1. The summed E-state index contributed by atoms with van der Waals surface area (Å²) in [6.45, 7) is 4.10. The molecule has 0 radical (unpaired) electrons. The minimum absolute atomic E-state index is 0.0255. The van der Waals surface area contributed by atoms with Gasteiger partial charge < -0.3 is 19.7 Å². The molecule has 2 atom stereocenters. The summed E-state index contributed by atoms with van der Waals surface area (Å²) in [5.41, 5.74) is 1.19. The highest BCUT2D eigenvalue weighted by Crippen LogP contribution is 2.27. The van der Waals surface area contributed by atoms with E-state index in [2.05, 4.69) is 24.3 Å². The summed E-state index contributed by atoms with van der Waals surface area (Å²) in [6, 6.07) is 10.2. The third-order valence-corrected chi connectivity index (χ3v) is 5.35. The number of amides is 1. The van der Waals surface area contributed by atoms with Crippen LogP contribution < -0.4 is 10.0 Å². The number of rotatable bonds is 5. The number of carbonyl (C=O) groups excluding carboxylic acids is 2. The number of hydrogen-bond donors (Lipinski definition) is 1.